The van der Waals surface area contributed by atoms with E-state index in [-0.39, 0.29) is 6.61 Å². The summed E-state index contributed by atoms with van der Waals surface area (Å²) in [7, 11) is 0. The van der Waals surface area contributed by atoms with Gasteiger partial charge in [0.2, 0.25) is 0 Å². The monoisotopic (exact) mass is 274 g/mol. The number of hydrogen-bond donors (Lipinski definition) is 2. The molecule has 5 nitrogen and oxygen atoms in total. The zero-order chi connectivity index (χ0) is 13.8. The van der Waals surface area contributed by atoms with Crippen LogP contribution < -0.4 is 5.32 Å². The van der Waals surface area contributed by atoms with Gasteiger partial charge in [0.05, 0.1) is 18.1 Å². The van der Waals surface area contributed by atoms with Crippen molar-refractivity contribution in [3.63, 3.8) is 0 Å². The molecule has 3 rings (SSSR count). The first-order valence-corrected chi connectivity index (χ1v) is 7.48. The number of imidazole rings is 1. The fourth-order valence-corrected chi connectivity index (χ4v) is 3.13. The molecule has 20 heavy (non-hydrogen) atoms. The third-order valence-electron chi connectivity index (χ3n) is 4.33. The van der Waals surface area contributed by atoms with E-state index in [1.54, 1.807) is 12.4 Å². The van der Waals surface area contributed by atoms with E-state index in [0.29, 0.717) is 12.0 Å². The normalized spacial score (nSPS) is 23.9. The van der Waals surface area contributed by atoms with E-state index < -0.39 is 0 Å². The average molecular weight is 274 g/mol. The van der Waals surface area contributed by atoms with Crippen LogP contribution in [-0.2, 0) is 6.54 Å². The molecule has 1 fully saturated rings. The van der Waals surface area contributed by atoms with Crippen LogP contribution in [0.15, 0.2) is 24.8 Å². The minimum Gasteiger partial charge on any atom is -0.396 e. The molecule has 1 aliphatic carbocycles. The van der Waals surface area contributed by atoms with Gasteiger partial charge in [0, 0.05) is 31.6 Å². The summed E-state index contributed by atoms with van der Waals surface area (Å²) in [5.74, 6) is 0.387. The highest BCUT2D eigenvalue weighted by atomic mass is 16.3. The predicted octanol–water partition coefficient (Wildman–Crippen LogP) is 1.76. The van der Waals surface area contributed by atoms with Crippen molar-refractivity contribution in [3.8, 4) is 0 Å². The number of fused-ring (bicyclic) bond motifs is 1. The van der Waals surface area contributed by atoms with Crippen molar-refractivity contribution in [1.82, 2.24) is 19.7 Å². The van der Waals surface area contributed by atoms with Crippen molar-refractivity contribution in [2.75, 3.05) is 6.61 Å². The maximum Gasteiger partial charge on any atom is 0.155 e. The summed E-state index contributed by atoms with van der Waals surface area (Å²) in [5, 5.41) is 13.2. The van der Waals surface area contributed by atoms with Gasteiger partial charge < -0.3 is 10.4 Å². The second-order valence-corrected chi connectivity index (χ2v) is 5.62. The zero-order valence-corrected chi connectivity index (χ0v) is 11.7. The molecule has 0 radical (unpaired) electrons. The first-order valence-electron chi connectivity index (χ1n) is 7.48. The van der Waals surface area contributed by atoms with E-state index in [0.717, 1.165) is 30.7 Å². The molecule has 5 heteroatoms. The van der Waals surface area contributed by atoms with Crippen molar-refractivity contribution in [2.45, 2.75) is 44.7 Å². The first-order chi connectivity index (χ1) is 9.88. The van der Waals surface area contributed by atoms with Crippen LogP contribution in [-0.4, -0.2) is 32.1 Å². The maximum atomic E-state index is 9.55. The van der Waals surface area contributed by atoms with Crippen LogP contribution in [0.25, 0.3) is 5.65 Å². The van der Waals surface area contributed by atoms with Crippen LogP contribution in [0, 0.1) is 5.92 Å². The van der Waals surface area contributed by atoms with Crippen LogP contribution in [0.4, 0.5) is 0 Å². The van der Waals surface area contributed by atoms with Crippen LogP contribution >= 0.6 is 0 Å². The predicted molar refractivity (Wildman–Crippen MR) is 77.3 cm³/mol. The van der Waals surface area contributed by atoms with Crippen LogP contribution in [0.1, 0.15) is 37.8 Å². The van der Waals surface area contributed by atoms with Crippen molar-refractivity contribution in [3.05, 3.63) is 30.5 Å². The Kier molecular flexibility index (Phi) is 4.28. The fraction of sp³-hybridized carbons (Fsp3) is 0.600. The Morgan fingerprint density at radius 1 is 1.25 bits per heavy atom. The molecule has 1 saturated carbocycles. The van der Waals surface area contributed by atoms with E-state index in [1.165, 1.54) is 19.3 Å². The lowest BCUT2D eigenvalue weighted by Crippen LogP contribution is -2.37. The van der Waals surface area contributed by atoms with Gasteiger partial charge in [-0.05, 0) is 18.8 Å². The summed E-state index contributed by atoms with van der Waals surface area (Å²) in [4.78, 5) is 8.43. The zero-order valence-electron chi connectivity index (χ0n) is 11.7. The SMILES string of the molecule is OCC1CCCCCC1NCc1cnc2cnccn12. The molecular weight excluding hydrogens is 252 g/mol. The summed E-state index contributed by atoms with van der Waals surface area (Å²) in [6, 6.07) is 0.412. The largest absolute Gasteiger partial charge is 0.396 e. The standard InChI is InChI=1S/C15H22N4O/c20-11-12-4-2-1-3-5-14(12)17-8-13-9-18-15-10-16-6-7-19(13)15/h6-7,9-10,12,14,17,20H,1-5,8,11H2. The molecule has 108 valence electrons. The van der Waals surface area contributed by atoms with Crippen molar-refractivity contribution >= 4 is 5.65 Å². The van der Waals surface area contributed by atoms with E-state index in [9.17, 15) is 5.11 Å². The van der Waals surface area contributed by atoms with Gasteiger partial charge in [-0.1, -0.05) is 19.3 Å². The van der Waals surface area contributed by atoms with Gasteiger partial charge in [0.15, 0.2) is 5.65 Å². The minimum atomic E-state index is 0.286. The van der Waals surface area contributed by atoms with Gasteiger partial charge in [-0.25, -0.2) is 4.98 Å². The summed E-state index contributed by atoms with van der Waals surface area (Å²) >= 11 is 0. The number of aromatic nitrogens is 3. The van der Waals surface area contributed by atoms with Gasteiger partial charge >= 0.3 is 0 Å². The Labute approximate surface area is 119 Å². The molecule has 2 heterocycles. The summed E-state index contributed by atoms with van der Waals surface area (Å²) in [6.45, 7) is 1.07. The number of nitrogens with one attached hydrogen (secondary N) is 1. The van der Waals surface area contributed by atoms with Gasteiger partial charge in [0.1, 0.15) is 0 Å². The smallest absolute Gasteiger partial charge is 0.155 e. The van der Waals surface area contributed by atoms with Gasteiger partial charge in [0.25, 0.3) is 0 Å². The van der Waals surface area contributed by atoms with Crippen molar-refractivity contribution in [1.29, 1.82) is 0 Å². The fourth-order valence-electron chi connectivity index (χ4n) is 3.13. The molecule has 0 amide bonds. The molecule has 2 aromatic heterocycles. The van der Waals surface area contributed by atoms with Crippen molar-refractivity contribution < 1.29 is 5.11 Å². The number of aliphatic hydroxyl groups is 1. The molecular formula is C15H22N4O. The lowest BCUT2D eigenvalue weighted by Gasteiger charge is -2.24. The van der Waals surface area contributed by atoms with Crippen molar-refractivity contribution in [2.24, 2.45) is 5.92 Å². The molecule has 0 saturated heterocycles. The second-order valence-electron chi connectivity index (χ2n) is 5.62. The Bertz CT molecular complexity index is 554. The molecule has 2 atom stereocenters. The minimum absolute atomic E-state index is 0.286. The van der Waals surface area contributed by atoms with E-state index in [4.69, 9.17) is 0 Å². The number of aliphatic hydroxyl groups excluding tert-OH is 1. The molecule has 0 bridgehead atoms. The second kappa shape index (κ2) is 6.33. The number of hydrogen-bond acceptors (Lipinski definition) is 4. The summed E-state index contributed by atoms with van der Waals surface area (Å²) < 4.78 is 2.06. The third-order valence-corrected chi connectivity index (χ3v) is 4.33. The number of rotatable bonds is 4. The lowest BCUT2D eigenvalue weighted by molar-refractivity contribution is 0.180. The third kappa shape index (κ3) is 2.83. The first kappa shape index (κ1) is 13.5. The van der Waals surface area contributed by atoms with Gasteiger partial charge in [-0.3, -0.25) is 9.38 Å². The highest BCUT2D eigenvalue weighted by Crippen LogP contribution is 2.23. The van der Waals surface area contributed by atoms with E-state index >= 15 is 0 Å². The summed E-state index contributed by atoms with van der Waals surface area (Å²) in [6.07, 6.45) is 13.5. The van der Waals surface area contributed by atoms with Gasteiger partial charge in [-0.2, -0.15) is 0 Å². The van der Waals surface area contributed by atoms with Crippen LogP contribution in [0.2, 0.25) is 0 Å². The summed E-state index contributed by atoms with van der Waals surface area (Å²) in [5.41, 5.74) is 2.02. The molecule has 2 aromatic rings. The van der Waals surface area contributed by atoms with E-state index in [1.807, 2.05) is 12.4 Å². The molecule has 0 spiro atoms. The maximum absolute atomic E-state index is 9.55. The van der Waals surface area contributed by atoms with Crippen LogP contribution in [0.3, 0.4) is 0 Å². The quantitative estimate of drug-likeness (QED) is 0.834. The lowest BCUT2D eigenvalue weighted by atomic mass is 9.95. The van der Waals surface area contributed by atoms with E-state index in [2.05, 4.69) is 19.7 Å². The molecule has 0 aliphatic heterocycles. The molecule has 0 aromatic carbocycles. The average Bonchev–Trinajstić information content (AvgIpc) is 2.76. The Morgan fingerprint density at radius 2 is 2.15 bits per heavy atom. The number of nitrogens with zero attached hydrogens (tertiary/aromatic N) is 3. The molecule has 2 N–H and O–H groups in total. The Hall–Kier alpha value is -1.46. The van der Waals surface area contributed by atoms with Gasteiger partial charge in [-0.15, -0.1) is 0 Å². The Balaban J connectivity index is 1.68. The molecule has 2 unspecified atom stereocenters. The Morgan fingerprint density at radius 3 is 3.05 bits per heavy atom. The molecule has 1 aliphatic rings. The topological polar surface area (TPSA) is 62.5 Å². The van der Waals surface area contributed by atoms with Crippen LogP contribution in [0.5, 0.6) is 0 Å². The highest BCUT2D eigenvalue weighted by molar-refractivity contribution is 5.36. The highest BCUT2D eigenvalue weighted by Gasteiger charge is 2.22.